The molecule has 9 heteroatoms. The summed E-state index contributed by atoms with van der Waals surface area (Å²) in [4.78, 5) is 4.51. The molecule has 0 aromatic carbocycles. The van der Waals surface area contributed by atoms with Gasteiger partial charge >= 0.3 is 0 Å². The van der Waals surface area contributed by atoms with Gasteiger partial charge in [0.15, 0.2) is 5.65 Å². The highest BCUT2D eigenvalue weighted by atomic mass is 32.2. The van der Waals surface area contributed by atoms with Crippen LogP contribution in [0.3, 0.4) is 0 Å². The normalized spacial score (nSPS) is 17.2. The molecule has 0 unspecified atom stereocenters. The monoisotopic (exact) mass is 374 g/mol. The third-order valence-electron chi connectivity index (χ3n) is 5.36. The SMILES string of the molecule is Cc1cc2ncnn2cc1C1CCN(S(=O)(=O)c2cnn(C)c2C)CC1. The van der Waals surface area contributed by atoms with Gasteiger partial charge in [-0.25, -0.2) is 17.9 Å². The summed E-state index contributed by atoms with van der Waals surface area (Å²) in [6, 6.07) is 2.03. The molecule has 0 radical (unpaired) electrons. The summed E-state index contributed by atoms with van der Waals surface area (Å²) in [6.45, 7) is 4.88. The van der Waals surface area contributed by atoms with E-state index in [9.17, 15) is 8.42 Å². The van der Waals surface area contributed by atoms with Crippen LogP contribution in [-0.2, 0) is 17.1 Å². The molecule has 0 atom stereocenters. The van der Waals surface area contributed by atoms with E-state index in [1.807, 2.05) is 12.3 Å². The van der Waals surface area contributed by atoms with E-state index in [2.05, 4.69) is 22.1 Å². The molecule has 1 aliphatic rings. The first-order valence-electron chi connectivity index (χ1n) is 8.66. The number of sulfonamides is 1. The Balaban J connectivity index is 1.55. The van der Waals surface area contributed by atoms with E-state index in [0.717, 1.165) is 18.5 Å². The largest absolute Gasteiger partial charge is 0.272 e. The fraction of sp³-hybridized carbons (Fsp3) is 0.471. The Morgan fingerprint density at radius 3 is 2.54 bits per heavy atom. The van der Waals surface area contributed by atoms with Gasteiger partial charge < -0.3 is 0 Å². The van der Waals surface area contributed by atoms with Crippen LogP contribution in [0, 0.1) is 13.8 Å². The first kappa shape index (κ1) is 17.2. The lowest BCUT2D eigenvalue weighted by Crippen LogP contribution is -2.38. The average molecular weight is 374 g/mol. The molecule has 8 nitrogen and oxygen atoms in total. The number of piperidine rings is 1. The Bertz CT molecular complexity index is 1060. The standard InChI is InChI=1S/C17H22N6O2S/c1-12-8-17-18-11-20-23(17)10-15(12)14-4-6-22(7-5-14)26(24,25)16-9-19-21(3)13(16)2/h8-11,14H,4-7H2,1-3H3. The Labute approximate surface area is 152 Å². The van der Waals surface area contributed by atoms with Crippen LogP contribution in [0.15, 0.2) is 29.7 Å². The lowest BCUT2D eigenvalue weighted by molar-refractivity contribution is 0.318. The topological polar surface area (TPSA) is 85.4 Å². The predicted molar refractivity (Wildman–Crippen MR) is 96.4 cm³/mol. The number of hydrogen-bond acceptors (Lipinski definition) is 5. The number of rotatable bonds is 3. The summed E-state index contributed by atoms with van der Waals surface area (Å²) in [5, 5.41) is 8.28. The molecule has 4 heterocycles. The Hall–Kier alpha value is -2.26. The van der Waals surface area contributed by atoms with Crippen molar-refractivity contribution in [2.24, 2.45) is 7.05 Å². The van der Waals surface area contributed by atoms with Gasteiger partial charge in [-0.05, 0) is 49.8 Å². The number of aromatic nitrogens is 5. The zero-order valence-electron chi connectivity index (χ0n) is 15.1. The van der Waals surface area contributed by atoms with Crippen LogP contribution in [-0.4, -0.2) is 50.2 Å². The maximum absolute atomic E-state index is 12.9. The molecule has 1 saturated heterocycles. The highest BCUT2D eigenvalue weighted by molar-refractivity contribution is 7.89. The van der Waals surface area contributed by atoms with Crippen LogP contribution < -0.4 is 0 Å². The minimum Gasteiger partial charge on any atom is -0.272 e. The molecule has 0 saturated carbocycles. The number of aryl methyl sites for hydroxylation is 2. The van der Waals surface area contributed by atoms with E-state index < -0.39 is 10.0 Å². The lowest BCUT2D eigenvalue weighted by Gasteiger charge is -2.31. The summed E-state index contributed by atoms with van der Waals surface area (Å²) < 4.78 is 30.8. The predicted octanol–water partition coefficient (Wildman–Crippen LogP) is 1.65. The molecule has 1 fully saturated rings. The molecule has 3 aromatic rings. The lowest BCUT2D eigenvalue weighted by atomic mass is 9.89. The van der Waals surface area contributed by atoms with E-state index >= 15 is 0 Å². The van der Waals surface area contributed by atoms with Crippen molar-refractivity contribution in [3.63, 3.8) is 0 Å². The van der Waals surface area contributed by atoms with Crippen molar-refractivity contribution in [3.05, 3.63) is 41.6 Å². The molecule has 0 aliphatic carbocycles. The van der Waals surface area contributed by atoms with E-state index in [-0.39, 0.29) is 0 Å². The molecular formula is C17H22N6O2S. The second-order valence-corrected chi connectivity index (χ2v) is 8.78. The van der Waals surface area contributed by atoms with E-state index in [4.69, 9.17) is 0 Å². The average Bonchev–Trinajstić information content (AvgIpc) is 3.21. The smallest absolute Gasteiger partial charge is 0.246 e. The summed E-state index contributed by atoms with van der Waals surface area (Å²) in [5.74, 6) is 0.324. The molecule has 1 aliphatic heterocycles. The van der Waals surface area contributed by atoms with Gasteiger partial charge in [0.1, 0.15) is 11.2 Å². The van der Waals surface area contributed by atoms with E-state index in [1.165, 1.54) is 17.3 Å². The van der Waals surface area contributed by atoms with Crippen molar-refractivity contribution in [2.75, 3.05) is 13.1 Å². The molecule has 0 spiro atoms. The van der Waals surface area contributed by atoms with Crippen molar-refractivity contribution >= 4 is 15.7 Å². The van der Waals surface area contributed by atoms with Crippen molar-refractivity contribution in [1.82, 2.24) is 28.7 Å². The Kier molecular flexibility index (Phi) is 4.07. The van der Waals surface area contributed by atoms with Crippen LogP contribution >= 0.6 is 0 Å². The van der Waals surface area contributed by atoms with Gasteiger partial charge in [-0.2, -0.15) is 14.5 Å². The van der Waals surface area contributed by atoms with Gasteiger partial charge in [0.2, 0.25) is 10.0 Å². The van der Waals surface area contributed by atoms with Gasteiger partial charge in [-0.1, -0.05) is 0 Å². The number of hydrogen-bond donors (Lipinski definition) is 0. The number of pyridine rings is 1. The number of fused-ring (bicyclic) bond motifs is 1. The van der Waals surface area contributed by atoms with Crippen LogP contribution in [0.2, 0.25) is 0 Å². The van der Waals surface area contributed by atoms with Crippen LogP contribution in [0.4, 0.5) is 0 Å². The van der Waals surface area contributed by atoms with Gasteiger partial charge in [0.25, 0.3) is 0 Å². The van der Waals surface area contributed by atoms with E-state index in [1.54, 1.807) is 33.8 Å². The minimum absolute atomic E-state index is 0.304. The zero-order chi connectivity index (χ0) is 18.5. The van der Waals surface area contributed by atoms with Crippen molar-refractivity contribution in [1.29, 1.82) is 0 Å². The van der Waals surface area contributed by atoms with Gasteiger partial charge in [-0.15, -0.1) is 0 Å². The maximum Gasteiger partial charge on any atom is 0.246 e. The third kappa shape index (κ3) is 2.71. The van der Waals surface area contributed by atoms with Crippen molar-refractivity contribution in [2.45, 2.75) is 37.5 Å². The molecule has 138 valence electrons. The minimum atomic E-state index is -3.49. The molecule has 0 bridgehead atoms. The van der Waals surface area contributed by atoms with Gasteiger partial charge in [-0.3, -0.25) is 4.68 Å². The molecule has 3 aromatic heterocycles. The molecule has 0 amide bonds. The van der Waals surface area contributed by atoms with Crippen LogP contribution in [0.5, 0.6) is 0 Å². The Morgan fingerprint density at radius 1 is 1.15 bits per heavy atom. The molecule has 0 N–H and O–H groups in total. The first-order valence-corrected chi connectivity index (χ1v) is 10.1. The van der Waals surface area contributed by atoms with Crippen LogP contribution in [0.25, 0.3) is 5.65 Å². The second kappa shape index (κ2) is 6.17. The summed E-state index contributed by atoms with van der Waals surface area (Å²) >= 11 is 0. The molecule has 26 heavy (non-hydrogen) atoms. The maximum atomic E-state index is 12.9. The fourth-order valence-electron chi connectivity index (χ4n) is 3.68. The third-order valence-corrected chi connectivity index (χ3v) is 7.37. The summed E-state index contributed by atoms with van der Waals surface area (Å²) in [5.41, 5.74) is 3.89. The molecule has 4 rings (SSSR count). The van der Waals surface area contributed by atoms with Crippen molar-refractivity contribution in [3.8, 4) is 0 Å². The van der Waals surface area contributed by atoms with Gasteiger partial charge in [0, 0.05) is 26.3 Å². The quantitative estimate of drug-likeness (QED) is 0.696. The number of nitrogens with zero attached hydrogens (tertiary/aromatic N) is 6. The first-order chi connectivity index (χ1) is 12.4. The molecular weight excluding hydrogens is 352 g/mol. The van der Waals surface area contributed by atoms with E-state index in [0.29, 0.717) is 29.6 Å². The Morgan fingerprint density at radius 2 is 1.88 bits per heavy atom. The van der Waals surface area contributed by atoms with Crippen LogP contribution in [0.1, 0.15) is 35.6 Å². The highest BCUT2D eigenvalue weighted by Crippen LogP contribution is 2.33. The summed E-state index contributed by atoms with van der Waals surface area (Å²) in [7, 11) is -1.74. The van der Waals surface area contributed by atoms with Crippen molar-refractivity contribution < 1.29 is 8.42 Å². The fourth-order valence-corrected chi connectivity index (χ4v) is 5.33. The summed E-state index contributed by atoms with van der Waals surface area (Å²) in [6.07, 6.45) is 6.60. The zero-order valence-corrected chi connectivity index (χ0v) is 15.9. The second-order valence-electron chi connectivity index (χ2n) is 6.87. The highest BCUT2D eigenvalue weighted by Gasteiger charge is 2.32. The van der Waals surface area contributed by atoms with Gasteiger partial charge in [0.05, 0.1) is 11.9 Å².